The van der Waals surface area contributed by atoms with Gasteiger partial charge in [-0.05, 0) is 24.3 Å². The Balaban J connectivity index is 2.25. The molecule has 3 nitrogen and oxygen atoms in total. The van der Waals surface area contributed by atoms with E-state index in [1.54, 1.807) is 18.2 Å². The quantitative estimate of drug-likeness (QED) is 0.718. The Morgan fingerprint density at radius 1 is 1.19 bits per heavy atom. The van der Waals surface area contributed by atoms with Crippen LogP contribution in [0.15, 0.2) is 41.3 Å². The summed E-state index contributed by atoms with van der Waals surface area (Å²) in [5, 5.41) is 9.14. The molecule has 0 aliphatic heterocycles. The second kappa shape index (κ2) is 4.96. The number of hydrogen-bond acceptors (Lipinski definition) is 3. The van der Waals surface area contributed by atoms with Crippen molar-refractivity contribution >= 4 is 31.5 Å². The van der Waals surface area contributed by atoms with Crippen LogP contribution in [0.2, 0.25) is 0 Å². The number of fused-ring (bicyclic) bond motifs is 1. The van der Waals surface area contributed by atoms with Gasteiger partial charge in [0.2, 0.25) is 11.7 Å². The van der Waals surface area contributed by atoms with E-state index in [1.165, 1.54) is 6.07 Å². The van der Waals surface area contributed by atoms with Gasteiger partial charge < -0.3 is 9.52 Å². The third kappa shape index (κ3) is 2.21. The number of nitrogens with zero attached hydrogens (tertiary/aromatic N) is 1. The third-order valence-corrected chi connectivity index (χ3v) is 3.43. The van der Waals surface area contributed by atoms with E-state index >= 15 is 0 Å². The highest BCUT2D eigenvalue weighted by molar-refractivity contribution is 9.15. The van der Waals surface area contributed by atoms with Crippen LogP contribution in [0, 0.1) is 11.6 Å². The number of halogens is 3. The van der Waals surface area contributed by atoms with Gasteiger partial charge in [0.15, 0.2) is 17.1 Å². The lowest BCUT2D eigenvalue weighted by Crippen LogP contribution is -1.90. The number of phenols is 1. The fourth-order valence-electron chi connectivity index (χ4n) is 1.98. The van der Waals surface area contributed by atoms with Gasteiger partial charge in [0.1, 0.15) is 5.52 Å². The molecule has 0 aliphatic rings. The van der Waals surface area contributed by atoms with Crippen molar-refractivity contribution in [2.75, 3.05) is 0 Å². The van der Waals surface area contributed by atoms with Gasteiger partial charge in [-0.1, -0.05) is 28.6 Å². The van der Waals surface area contributed by atoms with Crippen LogP contribution in [0.5, 0.6) is 5.75 Å². The van der Waals surface area contributed by atoms with E-state index in [0.717, 1.165) is 6.07 Å². The van der Waals surface area contributed by atoms with Crippen LogP contribution in [0.4, 0.5) is 8.78 Å². The van der Waals surface area contributed by atoms with E-state index in [2.05, 4.69) is 27.5 Å². The van der Waals surface area contributed by atoms with Crippen molar-refractivity contribution in [2.45, 2.75) is 0 Å². The molecule has 0 unspecified atom stereocenters. The summed E-state index contributed by atoms with van der Waals surface area (Å²) < 4.78 is 33.4. The van der Waals surface area contributed by atoms with Crippen LogP contribution in [0.25, 0.3) is 27.0 Å². The van der Waals surface area contributed by atoms with Gasteiger partial charge in [-0.3, -0.25) is 0 Å². The van der Waals surface area contributed by atoms with Crippen LogP contribution < -0.4 is 0 Å². The van der Waals surface area contributed by atoms with E-state index < -0.39 is 17.4 Å². The van der Waals surface area contributed by atoms with Crippen molar-refractivity contribution < 1.29 is 18.3 Å². The Kier molecular flexibility index (Phi) is 3.25. The van der Waals surface area contributed by atoms with E-state index in [4.69, 9.17) is 9.52 Å². The minimum absolute atomic E-state index is 0.0670. The summed E-state index contributed by atoms with van der Waals surface area (Å²) in [5.41, 5.74) is 1.43. The molecule has 0 atom stereocenters. The van der Waals surface area contributed by atoms with Crippen molar-refractivity contribution in [3.05, 3.63) is 54.1 Å². The molecule has 0 saturated heterocycles. The average molecular weight is 352 g/mol. The number of phenolic OH excluding ortho intramolecular Hbond substituents is 1. The first-order chi connectivity index (χ1) is 9.99. The van der Waals surface area contributed by atoms with Crippen LogP contribution in [-0.4, -0.2) is 10.1 Å². The molecule has 0 aliphatic carbocycles. The number of benzene rings is 2. The molecule has 0 bridgehead atoms. The molecular weight excluding hydrogens is 344 g/mol. The molecule has 0 fully saturated rings. The lowest BCUT2D eigenvalue weighted by Gasteiger charge is -2.01. The molecule has 1 aromatic heterocycles. The van der Waals surface area contributed by atoms with Crippen LogP contribution >= 0.6 is 15.9 Å². The Labute approximate surface area is 126 Å². The van der Waals surface area contributed by atoms with Crippen molar-refractivity contribution in [3.8, 4) is 17.2 Å². The molecule has 0 spiro atoms. The largest absolute Gasteiger partial charge is 0.505 e. The summed E-state index contributed by atoms with van der Waals surface area (Å²) in [6.45, 7) is 3.76. The van der Waals surface area contributed by atoms with Crippen molar-refractivity contribution in [1.29, 1.82) is 0 Å². The second-order valence-electron chi connectivity index (χ2n) is 4.34. The predicted octanol–water partition coefficient (Wildman–Crippen LogP) is 4.84. The van der Waals surface area contributed by atoms with Crippen LogP contribution in [-0.2, 0) is 0 Å². The maximum Gasteiger partial charge on any atom is 0.230 e. The normalized spacial score (nSPS) is 11.0. The van der Waals surface area contributed by atoms with Crippen molar-refractivity contribution in [1.82, 2.24) is 4.98 Å². The fraction of sp³-hybridized carbons (Fsp3) is 0. The summed E-state index contributed by atoms with van der Waals surface area (Å²) >= 11 is 3.26. The first-order valence-electron chi connectivity index (χ1n) is 5.90. The molecule has 0 radical (unpaired) electrons. The zero-order chi connectivity index (χ0) is 15.1. The summed E-state index contributed by atoms with van der Waals surface area (Å²) in [6.07, 6.45) is 0. The van der Waals surface area contributed by atoms with E-state index in [1.807, 2.05) is 0 Å². The summed E-state index contributed by atoms with van der Waals surface area (Å²) in [5.74, 6) is -3.37. The smallest absolute Gasteiger partial charge is 0.230 e. The minimum Gasteiger partial charge on any atom is -0.505 e. The number of para-hydroxylation sites is 1. The van der Waals surface area contributed by atoms with Gasteiger partial charge in [-0.15, -0.1) is 0 Å². The molecule has 6 heteroatoms. The standard InChI is InChI=1S/C15H8BrF2NO2/c1-7(16)8-3-2-4-10-14(8)21-15(19-10)9-5-6-11(20)13(18)12(9)17/h2-6,20H,1H2. The number of aromatic hydroxyl groups is 1. The molecule has 0 amide bonds. The lowest BCUT2D eigenvalue weighted by molar-refractivity contribution is 0.407. The highest BCUT2D eigenvalue weighted by Gasteiger charge is 2.19. The molecule has 106 valence electrons. The first-order valence-corrected chi connectivity index (χ1v) is 6.70. The van der Waals surface area contributed by atoms with E-state index in [0.29, 0.717) is 21.1 Å². The molecule has 1 heterocycles. The van der Waals surface area contributed by atoms with Gasteiger partial charge >= 0.3 is 0 Å². The zero-order valence-corrected chi connectivity index (χ0v) is 12.1. The van der Waals surface area contributed by atoms with Crippen LogP contribution in [0.3, 0.4) is 0 Å². The molecule has 0 saturated carbocycles. The number of aromatic nitrogens is 1. The zero-order valence-electron chi connectivity index (χ0n) is 10.5. The molecule has 1 N–H and O–H groups in total. The molecule has 2 aromatic carbocycles. The first kappa shape index (κ1) is 13.8. The van der Waals surface area contributed by atoms with E-state index in [-0.39, 0.29) is 11.5 Å². The SMILES string of the molecule is C=C(Br)c1cccc2nc(-c3ccc(O)c(F)c3F)oc12. The summed E-state index contributed by atoms with van der Waals surface area (Å²) in [7, 11) is 0. The Morgan fingerprint density at radius 3 is 2.67 bits per heavy atom. The minimum atomic E-state index is -1.33. The predicted molar refractivity (Wildman–Crippen MR) is 79.0 cm³/mol. The van der Waals surface area contributed by atoms with Gasteiger partial charge in [-0.2, -0.15) is 4.39 Å². The van der Waals surface area contributed by atoms with Gasteiger partial charge in [-0.25, -0.2) is 9.37 Å². The van der Waals surface area contributed by atoms with Gasteiger partial charge in [0.05, 0.1) is 5.56 Å². The monoisotopic (exact) mass is 351 g/mol. The molecule has 21 heavy (non-hydrogen) atoms. The number of oxazole rings is 1. The fourth-order valence-corrected chi connectivity index (χ4v) is 2.29. The van der Waals surface area contributed by atoms with E-state index in [9.17, 15) is 8.78 Å². The summed E-state index contributed by atoms with van der Waals surface area (Å²) in [4.78, 5) is 4.14. The van der Waals surface area contributed by atoms with Crippen molar-refractivity contribution in [3.63, 3.8) is 0 Å². The molecule has 3 rings (SSSR count). The third-order valence-electron chi connectivity index (χ3n) is 3.00. The van der Waals surface area contributed by atoms with Gasteiger partial charge in [0, 0.05) is 10.0 Å². The van der Waals surface area contributed by atoms with Crippen molar-refractivity contribution in [2.24, 2.45) is 0 Å². The average Bonchev–Trinajstić information content (AvgIpc) is 2.88. The highest BCUT2D eigenvalue weighted by Crippen LogP contribution is 2.34. The maximum absolute atomic E-state index is 13.9. The Hall–Kier alpha value is -2.21. The lowest BCUT2D eigenvalue weighted by atomic mass is 10.2. The number of hydrogen-bond donors (Lipinski definition) is 1. The number of rotatable bonds is 2. The van der Waals surface area contributed by atoms with Crippen LogP contribution in [0.1, 0.15) is 5.56 Å². The Morgan fingerprint density at radius 2 is 1.95 bits per heavy atom. The van der Waals surface area contributed by atoms with Gasteiger partial charge in [0.25, 0.3) is 0 Å². The second-order valence-corrected chi connectivity index (χ2v) is 5.30. The molecular formula is C15H8BrF2NO2. The summed E-state index contributed by atoms with van der Waals surface area (Å²) in [6, 6.07) is 7.47. The molecule has 3 aromatic rings. The highest BCUT2D eigenvalue weighted by atomic mass is 79.9. The topological polar surface area (TPSA) is 46.3 Å². The maximum atomic E-state index is 13.9. The Bertz CT molecular complexity index is 873.